The summed E-state index contributed by atoms with van der Waals surface area (Å²) in [4.78, 5) is 8.51. The van der Waals surface area contributed by atoms with Gasteiger partial charge in [0.1, 0.15) is 11.3 Å². The van der Waals surface area contributed by atoms with Gasteiger partial charge in [-0.05, 0) is 45.9 Å². The van der Waals surface area contributed by atoms with Crippen LogP contribution in [-0.2, 0) is 7.05 Å². The maximum atomic E-state index is 5.59. The summed E-state index contributed by atoms with van der Waals surface area (Å²) in [7, 11) is 1.88. The molecule has 0 saturated carbocycles. The van der Waals surface area contributed by atoms with Crippen LogP contribution in [0.2, 0.25) is 0 Å². The number of nitrogens with two attached hydrogens (primary N) is 1. The van der Waals surface area contributed by atoms with E-state index in [9.17, 15) is 0 Å². The zero-order valence-corrected chi connectivity index (χ0v) is 16.7. The molecule has 4 heterocycles. The Morgan fingerprint density at radius 3 is 2.31 bits per heavy atom. The Labute approximate surface area is 154 Å². The second-order valence-corrected chi connectivity index (χ2v) is 6.07. The van der Waals surface area contributed by atoms with Gasteiger partial charge in [0.15, 0.2) is 0 Å². The van der Waals surface area contributed by atoms with Crippen molar-refractivity contribution in [2.24, 2.45) is 7.05 Å². The van der Waals surface area contributed by atoms with Crippen LogP contribution in [0.1, 0.15) is 36.6 Å². The van der Waals surface area contributed by atoms with Gasteiger partial charge >= 0.3 is 0 Å². The minimum absolute atomic E-state index is 0.549. The fourth-order valence-electron chi connectivity index (χ4n) is 2.89. The van der Waals surface area contributed by atoms with Crippen LogP contribution < -0.4 is 5.73 Å². The first-order valence-electron chi connectivity index (χ1n) is 8.83. The van der Waals surface area contributed by atoms with E-state index in [1.54, 1.807) is 4.68 Å². The minimum Gasteiger partial charge on any atom is -0.384 e. The molecular weight excluding hydrogens is 324 g/mol. The van der Waals surface area contributed by atoms with Crippen molar-refractivity contribution < 1.29 is 0 Å². The van der Waals surface area contributed by atoms with E-state index in [-0.39, 0.29) is 0 Å². The SMILES string of the molecule is CC.Cc1cn2c(C)ccc2c(C)n1.Cc1nc(N)cc2cn(C)nc12. The number of hydrogen-bond acceptors (Lipinski definition) is 4. The Morgan fingerprint density at radius 1 is 0.923 bits per heavy atom. The highest BCUT2D eigenvalue weighted by atomic mass is 15.2. The Morgan fingerprint density at radius 2 is 1.62 bits per heavy atom. The first-order chi connectivity index (χ1) is 12.3. The Kier molecular flexibility index (Phi) is 5.97. The molecule has 0 aromatic carbocycles. The van der Waals surface area contributed by atoms with Crippen LogP contribution in [0.15, 0.2) is 30.6 Å². The highest BCUT2D eigenvalue weighted by Crippen LogP contribution is 2.16. The third-order valence-electron chi connectivity index (χ3n) is 3.95. The van der Waals surface area contributed by atoms with Crippen LogP contribution in [0.5, 0.6) is 0 Å². The van der Waals surface area contributed by atoms with E-state index in [2.05, 4.69) is 44.7 Å². The van der Waals surface area contributed by atoms with E-state index in [0.29, 0.717) is 5.82 Å². The Balaban J connectivity index is 0.000000171. The number of rotatable bonds is 0. The summed E-state index contributed by atoms with van der Waals surface area (Å²) in [5.74, 6) is 0.549. The number of aromatic nitrogens is 5. The zero-order chi connectivity index (χ0) is 19.4. The number of nitrogen functional groups attached to an aromatic ring is 1. The molecule has 0 atom stereocenters. The van der Waals surface area contributed by atoms with Crippen molar-refractivity contribution in [2.45, 2.75) is 41.5 Å². The lowest BCUT2D eigenvalue weighted by Gasteiger charge is -2.02. The van der Waals surface area contributed by atoms with Gasteiger partial charge in [0.2, 0.25) is 0 Å². The highest BCUT2D eigenvalue weighted by molar-refractivity contribution is 5.82. The lowest BCUT2D eigenvalue weighted by Crippen LogP contribution is -1.94. The number of aryl methyl sites for hydroxylation is 5. The molecule has 4 aromatic rings. The molecule has 0 radical (unpaired) electrons. The van der Waals surface area contributed by atoms with Crippen LogP contribution in [0.25, 0.3) is 16.4 Å². The smallest absolute Gasteiger partial charge is 0.124 e. The van der Waals surface area contributed by atoms with E-state index >= 15 is 0 Å². The van der Waals surface area contributed by atoms with Crippen molar-refractivity contribution in [2.75, 3.05) is 5.73 Å². The fourth-order valence-corrected chi connectivity index (χ4v) is 2.89. The maximum absolute atomic E-state index is 5.59. The topological polar surface area (TPSA) is 74.0 Å². The molecule has 0 aliphatic carbocycles. The second-order valence-electron chi connectivity index (χ2n) is 6.07. The van der Waals surface area contributed by atoms with Crippen LogP contribution in [0, 0.1) is 27.7 Å². The summed E-state index contributed by atoms with van der Waals surface area (Å²) < 4.78 is 3.94. The lowest BCUT2D eigenvalue weighted by molar-refractivity contribution is 0.778. The maximum Gasteiger partial charge on any atom is 0.124 e. The quantitative estimate of drug-likeness (QED) is 0.516. The van der Waals surface area contributed by atoms with Crippen LogP contribution in [0.4, 0.5) is 5.82 Å². The molecule has 4 rings (SSSR count). The predicted molar refractivity (Wildman–Crippen MR) is 108 cm³/mol. The van der Waals surface area contributed by atoms with Gasteiger partial charge in [-0.15, -0.1) is 0 Å². The number of pyridine rings is 1. The van der Waals surface area contributed by atoms with Gasteiger partial charge < -0.3 is 10.1 Å². The van der Waals surface area contributed by atoms with Gasteiger partial charge in [0, 0.05) is 30.5 Å². The molecule has 6 nitrogen and oxygen atoms in total. The molecule has 4 aromatic heterocycles. The summed E-state index contributed by atoms with van der Waals surface area (Å²) in [5.41, 5.74) is 12.0. The summed E-state index contributed by atoms with van der Waals surface area (Å²) in [5, 5.41) is 5.30. The highest BCUT2D eigenvalue weighted by Gasteiger charge is 2.03. The largest absolute Gasteiger partial charge is 0.384 e. The molecule has 0 fully saturated rings. The molecule has 0 aliphatic rings. The first kappa shape index (κ1) is 19.4. The van der Waals surface area contributed by atoms with Crippen molar-refractivity contribution in [1.29, 1.82) is 0 Å². The number of nitrogens with zero attached hydrogens (tertiary/aromatic N) is 5. The number of fused-ring (bicyclic) bond motifs is 2. The normalized spacial score (nSPS) is 10.3. The van der Waals surface area contributed by atoms with Crippen LogP contribution >= 0.6 is 0 Å². The van der Waals surface area contributed by atoms with Crippen molar-refractivity contribution in [3.8, 4) is 0 Å². The summed E-state index contributed by atoms with van der Waals surface area (Å²) in [6.07, 6.45) is 4.00. The van der Waals surface area contributed by atoms with Crippen LogP contribution in [-0.4, -0.2) is 24.1 Å². The number of hydrogen-bond donors (Lipinski definition) is 1. The fraction of sp³-hybridized carbons (Fsp3) is 0.350. The van der Waals surface area contributed by atoms with Crippen molar-refractivity contribution in [3.63, 3.8) is 0 Å². The lowest BCUT2D eigenvalue weighted by atomic mass is 10.2. The standard InChI is InChI=1S/C10H12N2.C8H10N4.C2H6/c1-7-6-12-8(2)4-5-10(12)9(3)11-7;1-5-8-6(3-7(9)10-5)4-12(2)11-8;1-2/h4-6H,1-3H3;3-4H,9H2,1-2H3;1-2H3. The molecule has 0 amide bonds. The molecule has 2 N–H and O–H groups in total. The molecule has 0 saturated heterocycles. The summed E-state index contributed by atoms with van der Waals surface area (Å²) in [6, 6.07) is 6.05. The monoisotopic (exact) mass is 352 g/mol. The van der Waals surface area contributed by atoms with Gasteiger partial charge in [0.05, 0.1) is 22.6 Å². The van der Waals surface area contributed by atoms with Gasteiger partial charge in [0.25, 0.3) is 0 Å². The van der Waals surface area contributed by atoms with Crippen molar-refractivity contribution >= 4 is 22.2 Å². The van der Waals surface area contributed by atoms with Gasteiger partial charge in [-0.3, -0.25) is 9.67 Å². The third kappa shape index (κ3) is 4.02. The van der Waals surface area contributed by atoms with Gasteiger partial charge in [-0.2, -0.15) is 5.10 Å². The van der Waals surface area contributed by atoms with Crippen molar-refractivity contribution in [1.82, 2.24) is 24.1 Å². The van der Waals surface area contributed by atoms with E-state index in [1.165, 1.54) is 11.2 Å². The van der Waals surface area contributed by atoms with E-state index in [1.807, 2.05) is 53.9 Å². The van der Waals surface area contributed by atoms with E-state index in [0.717, 1.165) is 28.0 Å². The summed E-state index contributed by atoms with van der Waals surface area (Å²) >= 11 is 0. The second kappa shape index (κ2) is 7.99. The van der Waals surface area contributed by atoms with Crippen molar-refractivity contribution in [3.05, 3.63) is 53.4 Å². The average molecular weight is 352 g/mol. The molecule has 0 bridgehead atoms. The molecule has 138 valence electrons. The van der Waals surface area contributed by atoms with Gasteiger partial charge in [-0.1, -0.05) is 13.8 Å². The Bertz CT molecular complexity index is 1010. The molecular formula is C20H28N6. The number of anilines is 1. The third-order valence-corrected chi connectivity index (χ3v) is 3.95. The van der Waals surface area contributed by atoms with E-state index < -0.39 is 0 Å². The minimum atomic E-state index is 0.549. The molecule has 6 heteroatoms. The molecule has 0 aliphatic heterocycles. The molecule has 26 heavy (non-hydrogen) atoms. The van der Waals surface area contributed by atoms with Gasteiger partial charge in [-0.25, -0.2) is 4.98 Å². The Hall–Kier alpha value is -2.89. The van der Waals surface area contributed by atoms with E-state index in [4.69, 9.17) is 5.73 Å². The zero-order valence-electron chi connectivity index (χ0n) is 16.7. The summed E-state index contributed by atoms with van der Waals surface area (Å²) in [6.45, 7) is 12.1. The first-order valence-corrected chi connectivity index (χ1v) is 8.83. The predicted octanol–water partition coefficient (Wildman–Crippen LogP) is 4.14. The van der Waals surface area contributed by atoms with Crippen LogP contribution in [0.3, 0.4) is 0 Å². The molecule has 0 spiro atoms. The average Bonchev–Trinajstić information content (AvgIpc) is 3.13. The molecule has 0 unspecified atom stereocenters.